The molecule has 0 radical (unpaired) electrons. The van der Waals surface area contributed by atoms with Crippen LogP contribution < -0.4 is 4.74 Å². The van der Waals surface area contributed by atoms with E-state index in [-0.39, 0.29) is 23.1 Å². The molecule has 1 atom stereocenters. The second-order valence-corrected chi connectivity index (χ2v) is 5.03. The van der Waals surface area contributed by atoms with E-state index in [9.17, 15) is 9.18 Å². The Balaban J connectivity index is 1.79. The SMILES string of the molecule is O=C1CC(Oc2ccccc2F)C12CCCC2. The highest BCUT2D eigenvalue weighted by Crippen LogP contribution is 2.52. The Morgan fingerprint density at radius 3 is 2.59 bits per heavy atom. The number of benzene rings is 1. The molecule has 1 aromatic rings. The summed E-state index contributed by atoms with van der Waals surface area (Å²) in [7, 11) is 0. The van der Waals surface area contributed by atoms with E-state index in [1.807, 2.05) is 0 Å². The molecule has 2 nitrogen and oxygen atoms in total. The molecule has 1 spiro atoms. The Kier molecular flexibility index (Phi) is 2.42. The number of rotatable bonds is 2. The van der Waals surface area contributed by atoms with Gasteiger partial charge >= 0.3 is 0 Å². The molecule has 0 heterocycles. The maximum absolute atomic E-state index is 13.5. The van der Waals surface area contributed by atoms with Crippen LogP contribution in [0.1, 0.15) is 32.1 Å². The standard InChI is InChI=1S/C14H15FO2/c15-10-5-1-2-6-11(10)17-13-9-12(16)14(13)7-3-4-8-14/h1-2,5-6,13H,3-4,7-9H2. The van der Waals surface area contributed by atoms with E-state index in [1.165, 1.54) is 6.07 Å². The van der Waals surface area contributed by atoms with E-state index >= 15 is 0 Å². The zero-order chi connectivity index (χ0) is 11.9. The third kappa shape index (κ3) is 1.56. The van der Waals surface area contributed by atoms with E-state index in [2.05, 4.69) is 0 Å². The lowest BCUT2D eigenvalue weighted by molar-refractivity contribution is -0.151. The van der Waals surface area contributed by atoms with Gasteiger partial charge in [0, 0.05) is 6.42 Å². The molecule has 90 valence electrons. The minimum absolute atomic E-state index is 0.116. The first kappa shape index (κ1) is 10.8. The van der Waals surface area contributed by atoms with Crippen LogP contribution in [0.25, 0.3) is 0 Å². The summed E-state index contributed by atoms with van der Waals surface area (Å²) in [4.78, 5) is 11.8. The minimum Gasteiger partial charge on any atom is -0.486 e. The number of hydrogen-bond donors (Lipinski definition) is 0. The second kappa shape index (κ2) is 3.83. The van der Waals surface area contributed by atoms with Gasteiger partial charge in [0.25, 0.3) is 0 Å². The fourth-order valence-corrected chi connectivity index (χ4v) is 3.07. The van der Waals surface area contributed by atoms with Crippen molar-refractivity contribution >= 4 is 5.78 Å². The smallest absolute Gasteiger partial charge is 0.165 e. The zero-order valence-corrected chi connectivity index (χ0v) is 9.62. The fourth-order valence-electron chi connectivity index (χ4n) is 3.07. The van der Waals surface area contributed by atoms with Crippen molar-refractivity contribution in [2.45, 2.75) is 38.2 Å². The fraction of sp³-hybridized carbons (Fsp3) is 0.500. The van der Waals surface area contributed by atoms with Crippen molar-refractivity contribution in [2.24, 2.45) is 5.41 Å². The average molecular weight is 234 g/mol. The van der Waals surface area contributed by atoms with Gasteiger partial charge in [-0.3, -0.25) is 4.79 Å². The van der Waals surface area contributed by atoms with Gasteiger partial charge in [-0.05, 0) is 25.0 Å². The van der Waals surface area contributed by atoms with E-state index in [0.717, 1.165) is 25.7 Å². The van der Waals surface area contributed by atoms with Crippen molar-refractivity contribution < 1.29 is 13.9 Å². The van der Waals surface area contributed by atoms with E-state index in [0.29, 0.717) is 12.2 Å². The van der Waals surface area contributed by atoms with Crippen LogP contribution in [-0.2, 0) is 4.79 Å². The van der Waals surface area contributed by atoms with Crippen molar-refractivity contribution in [3.63, 3.8) is 0 Å². The zero-order valence-electron chi connectivity index (χ0n) is 9.62. The van der Waals surface area contributed by atoms with E-state index < -0.39 is 0 Å². The minimum atomic E-state index is -0.347. The van der Waals surface area contributed by atoms with Gasteiger partial charge in [-0.2, -0.15) is 0 Å². The number of Topliss-reactive ketones (excluding diaryl/α,β-unsaturated/α-hetero) is 1. The lowest BCUT2D eigenvalue weighted by Crippen LogP contribution is -2.55. The highest BCUT2D eigenvalue weighted by Gasteiger charge is 2.57. The van der Waals surface area contributed by atoms with Crippen molar-refractivity contribution in [1.82, 2.24) is 0 Å². The molecule has 0 aliphatic heterocycles. The molecule has 2 fully saturated rings. The summed E-state index contributed by atoms with van der Waals surface area (Å²) in [5.41, 5.74) is -0.289. The van der Waals surface area contributed by atoms with Gasteiger partial charge in [-0.15, -0.1) is 0 Å². The van der Waals surface area contributed by atoms with E-state index in [4.69, 9.17) is 4.74 Å². The first-order chi connectivity index (χ1) is 8.22. The molecule has 0 bridgehead atoms. The predicted molar refractivity (Wildman–Crippen MR) is 61.3 cm³/mol. The van der Waals surface area contributed by atoms with Crippen LogP contribution in [0.4, 0.5) is 4.39 Å². The molecule has 0 N–H and O–H groups in total. The maximum Gasteiger partial charge on any atom is 0.165 e. The van der Waals surface area contributed by atoms with Crippen molar-refractivity contribution in [3.05, 3.63) is 30.1 Å². The Bertz CT molecular complexity index is 449. The molecular formula is C14H15FO2. The van der Waals surface area contributed by atoms with Crippen LogP contribution in [0.2, 0.25) is 0 Å². The molecular weight excluding hydrogens is 219 g/mol. The van der Waals surface area contributed by atoms with Crippen LogP contribution in [0.3, 0.4) is 0 Å². The number of ketones is 1. The highest BCUT2D eigenvalue weighted by atomic mass is 19.1. The van der Waals surface area contributed by atoms with Gasteiger partial charge < -0.3 is 4.74 Å². The maximum atomic E-state index is 13.5. The number of ether oxygens (including phenoxy) is 1. The number of carbonyl (C=O) groups is 1. The summed E-state index contributed by atoms with van der Waals surface area (Å²) in [6, 6.07) is 6.40. The van der Waals surface area contributed by atoms with Crippen molar-refractivity contribution in [1.29, 1.82) is 0 Å². The molecule has 3 heteroatoms. The molecule has 2 aliphatic rings. The molecule has 2 aliphatic carbocycles. The number of halogens is 1. The predicted octanol–water partition coefficient (Wildman–Crippen LogP) is 3.11. The number of hydrogen-bond acceptors (Lipinski definition) is 2. The van der Waals surface area contributed by atoms with Gasteiger partial charge in [-0.25, -0.2) is 4.39 Å². The Labute approximate surface area is 99.8 Å². The largest absolute Gasteiger partial charge is 0.486 e. The van der Waals surface area contributed by atoms with Gasteiger partial charge in [-0.1, -0.05) is 25.0 Å². The quantitative estimate of drug-likeness (QED) is 0.786. The third-order valence-corrected chi connectivity index (χ3v) is 4.14. The van der Waals surface area contributed by atoms with Crippen molar-refractivity contribution in [3.8, 4) is 5.75 Å². The Hall–Kier alpha value is -1.38. The molecule has 3 rings (SSSR count). The molecule has 1 unspecified atom stereocenters. The third-order valence-electron chi connectivity index (χ3n) is 4.14. The molecule has 0 saturated heterocycles. The first-order valence-corrected chi connectivity index (χ1v) is 6.17. The lowest BCUT2D eigenvalue weighted by Gasteiger charge is -2.44. The van der Waals surface area contributed by atoms with Crippen LogP contribution >= 0.6 is 0 Å². The summed E-state index contributed by atoms with van der Waals surface area (Å²) in [5, 5.41) is 0. The van der Waals surface area contributed by atoms with Crippen LogP contribution in [0.15, 0.2) is 24.3 Å². The lowest BCUT2D eigenvalue weighted by atomic mass is 9.63. The van der Waals surface area contributed by atoms with Crippen molar-refractivity contribution in [2.75, 3.05) is 0 Å². The monoisotopic (exact) mass is 234 g/mol. The van der Waals surface area contributed by atoms with Gasteiger partial charge in [0.15, 0.2) is 11.6 Å². The number of para-hydroxylation sites is 1. The van der Waals surface area contributed by atoms with E-state index in [1.54, 1.807) is 18.2 Å². The highest BCUT2D eigenvalue weighted by molar-refractivity contribution is 5.92. The topological polar surface area (TPSA) is 26.3 Å². The Morgan fingerprint density at radius 1 is 1.24 bits per heavy atom. The van der Waals surface area contributed by atoms with Gasteiger partial charge in [0.1, 0.15) is 11.9 Å². The molecule has 0 amide bonds. The number of carbonyl (C=O) groups excluding carboxylic acids is 1. The summed E-state index contributed by atoms with van der Waals surface area (Å²) in [6.07, 6.45) is 4.31. The Morgan fingerprint density at radius 2 is 1.94 bits per heavy atom. The van der Waals surface area contributed by atoms with Crippen LogP contribution in [-0.4, -0.2) is 11.9 Å². The summed E-state index contributed by atoms with van der Waals surface area (Å²) in [6.45, 7) is 0. The molecule has 2 saturated carbocycles. The summed E-state index contributed by atoms with van der Waals surface area (Å²) < 4.78 is 19.2. The molecule has 1 aromatic carbocycles. The van der Waals surface area contributed by atoms with Crippen LogP contribution in [0, 0.1) is 11.2 Å². The average Bonchev–Trinajstić information content (AvgIpc) is 2.83. The molecule has 0 aromatic heterocycles. The first-order valence-electron chi connectivity index (χ1n) is 6.17. The second-order valence-electron chi connectivity index (χ2n) is 5.03. The summed E-state index contributed by atoms with van der Waals surface area (Å²) in [5.74, 6) is 0.229. The molecule has 17 heavy (non-hydrogen) atoms. The van der Waals surface area contributed by atoms with Gasteiger partial charge in [0.2, 0.25) is 0 Å². The summed E-state index contributed by atoms with van der Waals surface area (Å²) >= 11 is 0. The van der Waals surface area contributed by atoms with Crippen LogP contribution in [0.5, 0.6) is 5.75 Å². The van der Waals surface area contributed by atoms with Gasteiger partial charge in [0.05, 0.1) is 5.41 Å². The normalized spacial score (nSPS) is 25.9.